The van der Waals surface area contributed by atoms with Crippen LogP contribution in [-0.2, 0) is 58.0 Å². The molecule has 0 saturated carbocycles. The van der Waals surface area contributed by atoms with Crippen LogP contribution in [0.4, 0.5) is 0 Å². The fourth-order valence-electron chi connectivity index (χ4n) is 3.75. The first-order valence-corrected chi connectivity index (χ1v) is 12.9. The van der Waals surface area contributed by atoms with Crippen LogP contribution in [0.25, 0.3) is 32.7 Å². The smallest absolute Gasteiger partial charge is 0.778 e. The second kappa shape index (κ2) is 14.8. The number of rotatable bonds is 3. The van der Waals surface area contributed by atoms with Gasteiger partial charge in [0.25, 0.3) is 0 Å². The van der Waals surface area contributed by atoms with Crippen molar-refractivity contribution in [2.75, 3.05) is 21.3 Å². The van der Waals surface area contributed by atoms with Crippen molar-refractivity contribution < 1.29 is 34.3 Å². The maximum atomic E-state index is 5.16. The molecule has 204 valence electrons. The van der Waals surface area contributed by atoms with Crippen molar-refractivity contribution in [3.63, 3.8) is 0 Å². The molecule has 10 heteroatoms. The second-order valence-electron chi connectivity index (χ2n) is 8.10. The summed E-state index contributed by atoms with van der Waals surface area (Å²) < 4.78 is 15.3. The van der Waals surface area contributed by atoms with E-state index in [2.05, 4.69) is 15.0 Å². The average Bonchev–Trinajstić information content (AvgIpc) is 2.97. The van der Waals surface area contributed by atoms with Gasteiger partial charge in [-0.3, -0.25) is 15.0 Å². The summed E-state index contributed by atoms with van der Waals surface area (Å²) in [6.45, 7) is 0. The molecule has 0 saturated heterocycles. The standard InChI is InChI=1S/3C10H9NOS.Ir/c3*1-12-8-5-7-3-2-4-11-10(7)9(13)6-8;/h3*2-6,13H,1H3;/q;;;+3/p-3. The molecule has 0 aliphatic carbocycles. The quantitative estimate of drug-likeness (QED) is 0.190. The van der Waals surface area contributed by atoms with E-state index >= 15 is 0 Å². The van der Waals surface area contributed by atoms with Crippen LogP contribution in [0.15, 0.2) is 106 Å². The van der Waals surface area contributed by atoms with Gasteiger partial charge in [-0.2, -0.15) is 0 Å². The third-order valence-corrected chi connectivity index (χ3v) is 6.57. The molecular formula is C30H24IrN3O3S3. The summed E-state index contributed by atoms with van der Waals surface area (Å²) in [5.41, 5.74) is 2.58. The minimum Gasteiger partial charge on any atom is -0.778 e. The van der Waals surface area contributed by atoms with Gasteiger partial charge < -0.3 is 52.1 Å². The minimum atomic E-state index is 0. The number of benzene rings is 3. The largest absolute Gasteiger partial charge is 3.00 e. The van der Waals surface area contributed by atoms with Crippen molar-refractivity contribution in [1.29, 1.82) is 0 Å². The van der Waals surface area contributed by atoms with Crippen LogP contribution in [0.3, 0.4) is 0 Å². The van der Waals surface area contributed by atoms with Gasteiger partial charge in [0.2, 0.25) is 0 Å². The molecule has 3 aromatic carbocycles. The van der Waals surface area contributed by atoms with E-state index in [4.69, 9.17) is 52.1 Å². The molecule has 6 rings (SSSR count). The summed E-state index contributed by atoms with van der Waals surface area (Å²) in [5.74, 6) is 2.35. The van der Waals surface area contributed by atoms with Crippen LogP contribution in [-0.4, -0.2) is 36.3 Å². The predicted molar refractivity (Wildman–Crippen MR) is 162 cm³/mol. The van der Waals surface area contributed by atoms with E-state index in [1.165, 1.54) is 0 Å². The Morgan fingerprint density at radius 3 is 1.00 bits per heavy atom. The van der Waals surface area contributed by atoms with Gasteiger partial charge in [-0.15, -0.1) is 14.7 Å². The van der Waals surface area contributed by atoms with Gasteiger partial charge in [0.05, 0.1) is 37.9 Å². The topological polar surface area (TPSA) is 66.4 Å². The Morgan fingerprint density at radius 1 is 0.475 bits per heavy atom. The van der Waals surface area contributed by atoms with Crippen LogP contribution >= 0.6 is 0 Å². The molecule has 0 N–H and O–H groups in total. The van der Waals surface area contributed by atoms with Crippen LogP contribution in [0.5, 0.6) is 17.2 Å². The maximum absolute atomic E-state index is 5.16. The van der Waals surface area contributed by atoms with E-state index in [1.807, 2.05) is 72.8 Å². The summed E-state index contributed by atoms with van der Waals surface area (Å²) in [4.78, 5) is 14.8. The number of fused-ring (bicyclic) bond motifs is 3. The van der Waals surface area contributed by atoms with Crippen molar-refractivity contribution in [1.82, 2.24) is 15.0 Å². The minimum absolute atomic E-state index is 0. The first kappa shape index (κ1) is 31.1. The molecule has 0 aliphatic heterocycles. The molecule has 0 atom stereocenters. The van der Waals surface area contributed by atoms with Crippen molar-refractivity contribution in [3.05, 3.63) is 91.4 Å². The Balaban J connectivity index is 0.000000163. The molecule has 0 spiro atoms. The number of hydrogen-bond acceptors (Lipinski definition) is 9. The first-order chi connectivity index (χ1) is 18.9. The summed E-state index contributed by atoms with van der Waals surface area (Å²) in [7, 11) is 4.89. The van der Waals surface area contributed by atoms with E-state index in [-0.39, 0.29) is 20.1 Å². The molecule has 6 nitrogen and oxygen atoms in total. The third kappa shape index (κ3) is 7.62. The van der Waals surface area contributed by atoms with Gasteiger partial charge in [-0.05, 0) is 54.6 Å². The van der Waals surface area contributed by atoms with Gasteiger partial charge in [-0.1, -0.05) is 18.2 Å². The van der Waals surface area contributed by atoms with E-state index in [9.17, 15) is 0 Å². The number of aromatic nitrogens is 3. The fourth-order valence-corrected chi connectivity index (χ4v) is 4.61. The van der Waals surface area contributed by atoms with E-state index < -0.39 is 0 Å². The molecule has 0 amide bonds. The molecule has 3 aromatic heterocycles. The van der Waals surface area contributed by atoms with E-state index in [0.29, 0.717) is 0 Å². The summed E-state index contributed by atoms with van der Waals surface area (Å²) in [6.07, 6.45) is 5.22. The Hall–Kier alpha value is -3.40. The van der Waals surface area contributed by atoms with Gasteiger partial charge >= 0.3 is 20.1 Å². The third-order valence-electron chi connectivity index (χ3n) is 5.64. The molecule has 0 aliphatic rings. The molecule has 40 heavy (non-hydrogen) atoms. The van der Waals surface area contributed by atoms with Crippen LogP contribution < -0.4 is 14.2 Å². The molecule has 3 heterocycles. The van der Waals surface area contributed by atoms with Crippen LogP contribution in [0, 0.1) is 0 Å². The summed E-state index contributed by atoms with van der Waals surface area (Å²) in [6, 6.07) is 22.8. The second-order valence-corrected chi connectivity index (χ2v) is 9.42. The number of nitrogens with zero attached hydrogens (tertiary/aromatic N) is 3. The zero-order valence-corrected chi connectivity index (χ0v) is 26.6. The molecule has 6 aromatic rings. The predicted octanol–water partition coefficient (Wildman–Crippen LogP) is 6.45. The normalized spacial score (nSPS) is 9.97. The Labute approximate surface area is 263 Å². The molecule has 0 unspecified atom stereocenters. The van der Waals surface area contributed by atoms with Gasteiger partial charge in [0.1, 0.15) is 17.2 Å². The summed E-state index contributed by atoms with van der Waals surface area (Å²) in [5, 5.41) is 3.06. The Morgan fingerprint density at radius 2 is 0.750 bits per heavy atom. The first-order valence-electron chi connectivity index (χ1n) is 11.7. The zero-order chi connectivity index (χ0) is 27.8. The Kier molecular flexibility index (Phi) is 11.5. The number of methoxy groups -OCH3 is 3. The van der Waals surface area contributed by atoms with E-state index in [0.717, 1.165) is 64.6 Å². The van der Waals surface area contributed by atoms with Gasteiger partial charge in [0, 0.05) is 34.7 Å². The molecule has 0 bridgehead atoms. The number of hydrogen-bond donors (Lipinski definition) is 0. The van der Waals surface area contributed by atoms with E-state index in [1.54, 1.807) is 39.9 Å². The fraction of sp³-hybridized carbons (Fsp3) is 0.100. The Bertz CT molecular complexity index is 1540. The van der Waals surface area contributed by atoms with Crippen LogP contribution in [0.1, 0.15) is 0 Å². The van der Waals surface area contributed by atoms with Crippen molar-refractivity contribution >= 4 is 70.6 Å². The average molecular weight is 763 g/mol. The monoisotopic (exact) mass is 763 g/mol. The number of ether oxygens (including phenoxy) is 3. The SMILES string of the molecule is COc1cc([S-])c2ncccc2c1.COc1cc([S-])c2ncccc2c1.COc1cc([S-])c2ncccc2c1.[Ir+3]. The van der Waals surface area contributed by atoms with Crippen molar-refractivity contribution in [2.45, 2.75) is 14.7 Å². The zero-order valence-electron chi connectivity index (χ0n) is 21.8. The van der Waals surface area contributed by atoms with Gasteiger partial charge in [-0.25, -0.2) is 0 Å². The molecule has 0 radical (unpaired) electrons. The molecular weight excluding hydrogens is 739 g/mol. The summed E-state index contributed by atoms with van der Waals surface area (Å²) >= 11 is 15.5. The van der Waals surface area contributed by atoms with Crippen molar-refractivity contribution in [3.8, 4) is 17.2 Å². The van der Waals surface area contributed by atoms with Crippen molar-refractivity contribution in [2.24, 2.45) is 0 Å². The maximum Gasteiger partial charge on any atom is 3.00 e. The van der Waals surface area contributed by atoms with Crippen LogP contribution in [0.2, 0.25) is 0 Å². The number of pyridine rings is 3. The van der Waals surface area contributed by atoms with Gasteiger partial charge in [0.15, 0.2) is 0 Å². The molecule has 0 fully saturated rings.